The van der Waals surface area contributed by atoms with E-state index in [1.807, 2.05) is 0 Å². The van der Waals surface area contributed by atoms with Gasteiger partial charge >= 0.3 is 6.18 Å². The number of ether oxygens (including phenoxy) is 1. The van der Waals surface area contributed by atoms with Crippen molar-refractivity contribution < 1.29 is 22.7 Å². The summed E-state index contributed by atoms with van der Waals surface area (Å²) < 4.78 is 43.2. The molecule has 0 bridgehead atoms. The van der Waals surface area contributed by atoms with Crippen molar-refractivity contribution in [3.63, 3.8) is 0 Å². The minimum atomic E-state index is -4.50. The van der Waals surface area contributed by atoms with Crippen LogP contribution in [0.2, 0.25) is 0 Å². The Kier molecular flexibility index (Phi) is 4.93. The fraction of sp³-hybridized carbons (Fsp3) is 0.636. The summed E-state index contributed by atoms with van der Waals surface area (Å²) in [5, 5.41) is 5.97. The first kappa shape index (κ1) is 15.5. The molecule has 1 atom stereocenters. The van der Waals surface area contributed by atoms with Gasteiger partial charge in [0.2, 0.25) is 5.91 Å². The average molecular weight is 279 g/mol. The van der Waals surface area contributed by atoms with E-state index in [2.05, 4.69) is 10.4 Å². The van der Waals surface area contributed by atoms with Crippen LogP contribution in [-0.2, 0) is 22.3 Å². The number of carbonyl (C=O) groups is 1. The lowest BCUT2D eigenvalue weighted by Crippen LogP contribution is -2.38. The second-order valence-electron chi connectivity index (χ2n) is 4.25. The molecule has 0 fully saturated rings. The van der Waals surface area contributed by atoms with Gasteiger partial charge in [0, 0.05) is 18.8 Å². The first-order chi connectivity index (χ1) is 8.74. The standard InChI is InChI=1S/C11H16F3N3O2/c1-7(6-19-3)15-10(18)5-17-8(2)4-9(16-17)11(12,13)14/h4,7H,5-6H2,1-3H3,(H,15,18). The molecule has 0 radical (unpaired) electrons. The monoisotopic (exact) mass is 279 g/mol. The third-order valence-electron chi connectivity index (χ3n) is 2.39. The van der Waals surface area contributed by atoms with Crippen LogP contribution in [-0.4, -0.2) is 35.4 Å². The molecule has 19 heavy (non-hydrogen) atoms. The molecule has 0 aliphatic carbocycles. The van der Waals surface area contributed by atoms with E-state index < -0.39 is 17.8 Å². The zero-order valence-electron chi connectivity index (χ0n) is 10.9. The van der Waals surface area contributed by atoms with E-state index in [9.17, 15) is 18.0 Å². The summed E-state index contributed by atoms with van der Waals surface area (Å²) in [5.74, 6) is -0.413. The number of carbonyl (C=O) groups excluding carboxylic acids is 1. The minimum Gasteiger partial charge on any atom is -0.383 e. The van der Waals surface area contributed by atoms with Crippen molar-refractivity contribution >= 4 is 5.91 Å². The van der Waals surface area contributed by atoms with Crippen molar-refractivity contribution in [1.82, 2.24) is 15.1 Å². The largest absolute Gasteiger partial charge is 0.435 e. The molecule has 0 aliphatic rings. The van der Waals surface area contributed by atoms with Crippen LogP contribution in [0, 0.1) is 6.92 Å². The molecule has 1 N–H and O–H groups in total. The number of halogens is 3. The highest BCUT2D eigenvalue weighted by Crippen LogP contribution is 2.28. The normalized spacial score (nSPS) is 13.4. The highest BCUT2D eigenvalue weighted by molar-refractivity contribution is 5.76. The highest BCUT2D eigenvalue weighted by atomic mass is 19.4. The van der Waals surface area contributed by atoms with Gasteiger partial charge in [-0.3, -0.25) is 9.48 Å². The molecule has 0 saturated carbocycles. The van der Waals surface area contributed by atoms with E-state index in [0.29, 0.717) is 6.61 Å². The molecule has 1 aromatic heterocycles. The van der Waals surface area contributed by atoms with Gasteiger partial charge < -0.3 is 10.1 Å². The number of hydrogen-bond acceptors (Lipinski definition) is 3. The summed E-state index contributed by atoms with van der Waals surface area (Å²) >= 11 is 0. The zero-order chi connectivity index (χ0) is 14.6. The van der Waals surface area contributed by atoms with E-state index in [4.69, 9.17) is 4.74 Å². The third kappa shape index (κ3) is 4.55. The topological polar surface area (TPSA) is 56.1 Å². The lowest BCUT2D eigenvalue weighted by atomic mass is 10.3. The summed E-state index contributed by atoms with van der Waals surface area (Å²) in [4.78, 5) is 11.6. The van der Waals surface area contributed by atoms with E-state index in [1.54, 1.807) is 6.92 Å². The second-order valence-corrected chi connectivity index (χ2v) is 4.25. The zero-order valence-corrected chi connectivity index (χ0v) is 10.9. The maximum absolute atomic E-state index is 12.4. The molecule has 1 aromatic rings. The molecule has 1 unspecified atom stereocenters. The van der Waals surface area contributed by atoms with Gasteiger partial charge in [-0.2, -0.15) is 18.3 Å². The van der Waals surface area contributed by atoms with Crippen molar-refractivity contribution in [3.8, 4) is 0 Å². The summed E-state index contributed by atoms with van der Waals surface area (Å²) in [6.07, 6.45) is -4.50. The molecular formula is C11H16F3N3O2. The first-order valence-corrected chi connectivity index (χ1v) is 5.64. The van der Waals surface area contributed by atoms with E-state index in [-0.39, 0.29) is 18.3 Å². The maximum atomic E-state index is 12.4. The fourth-order valence-electron chi connectivity index (χ4n) is 1.56. The Morgan fingerprint density at radius 3 is 2.68 bits per heavy atom. The molecule has 1 rings (SSSR count). The van der Waals surface area contributed by atoms with Gasteiger partial charge in [0.1, 0.15) is 6.54 Å². The van der Waals surface area contributed by atoms with Crippen molar-refractivity contribution in [2.45, 2.75) is 32.6 Å². The molecule has 5 nitrogen and oxygen atoms in total. The van der Waals surface area contributed by atoms with Crippen LogP contribution in [0.1, 0.15) is 18.3 Å². The van der Waals surface area contributed by atoms with Gasteiger partial charge in [-0.25, -0.2) is 0 Å². The molecule has 108 valence electrons. The number of rotatable bonds is 5. The SMILES string of the molecule is COCC(C)NC(=O)Cn1nc(C(F)(F)F)cc1C. The number of aromatic nitrogens is 2. The molecule has 0 aliphatic heterocycles. The van der Waals surface area contributed by atoms with Crippen LogP contribution in [0.4, 0.5) is 13.2 Å². The quantitative estimate of drug-likeness (QED) is 0.885. The predicted molar refractivity (Wildman–Crippen MR) is 61.4 cm³/mol. The summed E-state index contributed by atoms with van der Waals surface area (Å²) in [5.41, 5.74) is -0.718. The second kappa shape index (κ2) is 6.05. The van der Waals surface area contributed by atoms with Gasteiger partial charge in [0.05, 0.1) is 6.61 Å². The number of amides is 1. The van der Waals surface area contributed by atoms with E-state index >= 15 is 0 Å². The number of nitrogens with one attached hydrogen (secondary N) is 1. The van der Waals surface area contributed by atoms with Crippen molar-refractivity contribution in [2.75, 3.05) is 13.7 Å². The Morgan fingerprint density at radius 1 is 1.58 bits per heavy atom. The van der Waals surface area contributed by atoms with Gasteiger partial charge in [0.15, 0.2) is 5.69 Å². The molecular weight excluding hydrogens is 263 g/mol. The number of hydrogen-bond donors (Lipinski definition) is 1. The summed E-state index contributed by atoms with van der Waals surface area (Å²) in [7, 11) is 1.50. The van der Waals surface area contributed by atoms with Crippen LogP contribution >= 0.6 is 0 Å². The molecule has 8 heteroatoms. The molecule has 0 aromatic carbocycles. The van der Waals surface area contributed by atoms with Crippen molar-refractivity contribution in [2.24, 2.45) is 0 Å². The number of nitrogens with zero attached hydrogens (tertiary/aromatic N) is 2. The van der Waals surface area contributed by atoms with E-state index in [0.717, 1.165) is 10.7 Å². The Morgan fingerprint density at radius 2 is 2.21 bits per heavy atom. The number of methoxy groups -OCH3 is 1. The van der Waals surface area contributed by atoms with Crippen LogP contribution in [0.3, 0.4) is 0 Å². The van der Waals surface area contributed by atoms with Crippen molar-refractivity contribution in [3.05, 3.63) is 17.5 Å². The van der Waals surface area contributed by atoms with Gasteiger partial charge in [0.25, 0.3) is 0 Å². The lowest BCUT2D eigenvalue weighted by molar-refractivity contribution is -0.141. The predicted octanol–water partition coefficient (Wildman–Crippen LogP) is 1.36. The van der Waals surface area contributed by atoms with Crippen molar-refractivity contribution in [1.29, 1.82) is 0 Å². The molecule has 0 saturated heterocycles. The number of aryl methyl sites for hydroxylation is 1. The summed E-state index contributed by atoms with van der Waals surface area (Å²) in [6, 6.07) is 0.696. The Labute approximate surface area is 108 Å². The smallest absolute Gasteiger partial charge is 0.383 e. The van der Waals surface area contributed by atoms with Gasteiger partial charge in [-0.1, -0.05) is 0 Å². The first-order valence-electron chi connectivity index (χ1n) is 5.64. The molecule has 1 heterocycles. The third-order valence-corrected chi connectivity index (χ3v) is 2.39. The lowest BCUT2D eigenvalue weighted by Gasteiger charge is -2.13. The number of alkyl halides is 3. The fourth-order valence-corrected chi connectivity index (χ4v) is 1.56. The Hall–Kier alpha value is -1.57. The molecule has 0 spiro atoms. The maximum Gasteiger partial charge on any atom is 0.435 e. The van der Waals surface area contributed by atoms with Crippen LogP contribution < -0.4 is 5.32 Å². The van der Waals surface area contributed by atoms with Crippen LogP contribution in [0.25, 0.3) is 0 Å². The van der Waals surface area contributed by atoms with Gasteiger partial charge in [-0.05, 0) is 19.9 Å². The van der Waals surface area contributed by atoms with Crippen LogP contribution in [0.5, 0.6) is 0 Å². The Bertz CT molecular complexity index is 443. The van der Waals surface area contributed by atoms with Gasteiger partial charge in [-0.15, -0.1) is 0 Å². The van der Waals surface area contributed by atoms with E-state index in [1.165, 1.54) is 14.0 Å². The summed E-state index contributed by atoms with van der Waals surface area (Å²) in [6.45, 7) is 3.28. The average Bonchev–Trinajstić information content (AvgIpc) is 2.60. The minimum absolute atomic E-state index is 0.213. The highest BCUT2D eigenvalue weighted by Gasteiger charge is 2.34. The Balaban J connectivity index is 2.67. The van der Waals surface area contributed by atoms with Crippen LogP contribution in [0.15, 0.2) is 6.07 Å². The molecule has 1 amide bonds.